The summed E-state index contributed by atoms with van der Waals surface area (Å²) < 4.78 is 0. The summed E-state index contributed by atoms with van der Waals surface area (Å²) in [5, 5.41) is 11.9. The van der Waals surface area contributed by atoms with Gasteiger partial charge < -0.3 is 5.84 Å². The van der Waals surface area contributed by atoms with Gasteiger partial charge >= 0.3 is 0 Å². The summed E-state index contributed by atoms with van der Waals surface area (Å²) in [5.41, 5.74) is 16.1. The molecule has 0 radical (unpaired) electrons. The first-order chi connectivity index (χ1) is 15.0. The Kier molecular flexibility index (Phi) is 5.52. The van der Waals surface area contributed by atoms with E-state index in [-0.39, 0.29) is 12.2 Å². The van der Waals surface area contributed by atoms with Crippen LogP contribution in [0.5, 0.6) is 0 Å². The zero-order valence-electron chi connectivity index (χ0n) is 17.6. The molecule has 2 fully saturated rings. The summed E-state index contributed by atoms with van der Waals surface area (Å²) in [7, 11) is 0. The number of hydrogen-bond donors (Lipinski definition) is 3. The molecule has 0 saturated heterocycles. The van der Waals surface area contributed by atoms with E-state index in [1.165, 1.54) is 5.56 Å². The van der Waals surface area contributed by atoms with Gasteiger partial charge in [0.25, 0.3) is 0 Å². The second-order valence-electron chi connectivity index (χ2n) is 8.82. The van der Waals surface area contributed by atoms with Crippen LogP contribution in [0.25, 0.3) is 0 Å². The van der Waals surface area contributed by atoms with Crippen molar-refractivity contribution < 1.29 is 4.79 Å². The summed E-state index contributed by atoms with van der Waals surface area (Å²) >= 11 is 0. The molecule has 0 heterocycles. The lowest BCUT2D eigenvalue weighted by Crippen LogP contribution is -2.50. The van der Waals surface area contributed by atoms with Crippen LogP contribution in [0.3, 0.4) is 0 Å². The Morgan fingerprint density at radius 1 is 0.871 bits per heavy atom. The van der Waals surface area contributed by atoms with Crippen LogP contribution in [0.4, 0.5) is 0 Å². The number of ketones is 1. The quantitative estimate of drug-likeness (QED) is 0.341. The van der Waals surface area contributed by atoms with Gasteiger partial charge in [-0.05, 0) is 49.7 Å². The third-order valence-corrected chi connectivity index (χ3v) is 7.50. The van der Waals surface area contributed by atoms with Gasteiger partial charge in [-0.25, -0.2) is 11.1 Å². The standard InChI is InChI=1S/C24H28N6O/c25-28-20-17-24(30-27,19-9-5-2-6-10-19)23(21(20)31)15-13-22(29-26,14-16-23)12-11-18-7-3-1-4-8-18/h1-10,26-27H,11-17,25H2. The normalized spacial score (nSPS) is 31.7. The summed E-state index contributed by atoms with van der Waals surface area (Å²) in [6.07, 6.45) is 4.09. The number of nitrogens with zero attached hydrogens (tertiary/aromatic N) is 3. The predicted octanol–water partition coefficient (Wildman–Crippen LogP) is 5.16. The van der Waals surface area contributed by atoms with Gasteiger partial charge in [0, 0.05) is 6.42 Å². The number of hydrogen-bond acceptors (Lipinski definition) is 7. The second-order valence-corrected chi connectivity index (χ2v) is 8.82. The van der Waals surface area contributed by atoms with E-state index < -0.39 is 16.5 Å². The number of carbonyl (C=O) groups excluding carboxylic acids is 1. The Hall–Kier alpha value is -3.22. The predicted molar refractivity (Wildman–Crippen MR) is 118 cm³/mol. The average molecular weight is 417 g/mol. The lowest BCUT2D eigenvalue weighted by atomic mass is 9.57. The van der Waals surface area contributed by atoms with Gasteiger partial charge in [0.15, 0.2) is 5.78 Å². The van der Waals surface area contributed by atoms with Crippen LogP contribution in [0.2, 0.25) is 0 Å². The van der Waals surface area contributed by atoms with Crippen molar-refractivity contribution in [3.63, 3.8) is 0 Å². The first-order valence-electron chi connectivity index (χ1n) is 10.7. The molecule has 7 nitrogen and oxygen atoms in total. The molecule has 0 amide bonds. The zero-order valence-corrected chi connectivity index (χ0v) is 17.6. The summed E-state index contributed by atoms with van der Waals surface area (Å²) in [5.74, 6) is 5.47. The molecule has 31 heavy (non-hydrogen) atoms. The molecule has 2 aromatic carbocycles. The fraction of sp³-hybridized carbons (Fsp3) is 0.417. The fourth-order valence-corrected chi connectivity index (χ4v) is 5.59. The Labute approximate surface area is 182 Å². The topological polar surface area (TPSA) is 128 Å². The van der Waals surface area contributed by atoms with E-state index in [1.54, 1.807) is 0 Å². The molecule has 4 rings (SSSR count). The maximum atomic E-state index is 13.5. The number of benzene rings is 2. The molecule has 0 bridgehead atoms. The van der Waals surface area contributed by atoms with Crippen molar-refractivity contribution in [3.8, 4) is 0 Å². The van der Waals surface area contributed by atoms with E-state index in [2.05, 4.69) is 27.5 Å². The lowest BCUT2D eigenvalue weighted by molar-refractivity contribution is -0.127. The molecule has 0 aliphatic heterocycles. The van der Waals surface area contributed by atoms with E-state index in [0.29, 0.717) is 31.4 Å². The summed E-state index contributed by atoms with van der Waals surface area (Å²) in [6, 6.07) is 19.8. The summed E-state index contributed by atoms with van der Waals surface area (Å²) in [6.45, 7) is 0. The largest absolute Gasteiger partial charge is 0.323 e. The molecular formula is C24H28N6O. The highest BCUT2D eigenvalue weighted by Crippen LogP contribution is 2.61. The minimum absolute atomic E-state index is 0.100. The van der Waals surface area contributed by atoms with Crippen molar-refractivity contribution in [2.75, 3.05) is 0 Å². The molecule has 1 spiro atoms. The van der Waals surface area contributed by atoms with Gasteiger partial charge in [-0.3, -0.25) is 4.79 Å². The molecule has 1 unspecified atom stereocenters. The van der Waals surface area contributed by atoms with E-state index in [1.807, 2.05) is 48.5 Å². The van der Waals surface area contributed by atoms with Crippen LogP contribution in [-0.4, -0.2) is 17.0 Å². The van der Waals surface area contributed by atoms with Crippen LogP contribution >= 0.6 is 0 Å². The number of Topliss-reactive ketones (excluding diaryl/α,β-unsaturated/α-hetero) is 1. The SMILES string of the molecule is N=NC1(CCc2ccccc2)CCC2(CC1)C(=O)C(=NN)CC2(N=N)c1ccccc1. The van der Waals surface area contributed by atoms with Gasteiger partial charge in [-0.2, -0.15) is 15.3 Å². The molecule has 0 aromatic heterocycles. The molecule has 7 heteroatoms. The first kappa shape index (κ1) is 21.0. The number of hydrazone groups is 1. The molecular weight excluding hydrogens is 388 g/mol. The fourth-order valence-electron chi connectivity index (χ4n) is 5.59. The number of aryl methyl sites for hydroxylation is 1. The van der Waals surface area contributed by atoms with Crippen LogP contribution in [0, 0.1) is 16.5 Å². The van der Waals surface area contributed by atoms with Crippen molar-refractivity contribution in [3.05, 3.63) is 71.8 Å². The van der Waals surface area contributed by atoms with Crippen molar-refractivity contribution in [2.24, 2.45) is 26.6 Å². The van der Waals surface area contributed by atoms with Crippen molar-refractivity contribution >= 4 is 11.5 Å². The number of nitrogens with one attached hydrogen (secondary N) is 2. The molecule has 2 saturated carbocycles. The van der Waals surface area contributed by atoms with Crippen LogP contribution in [0.1, 0.15) is 49.7 Å². The van der Waals surface area contributed by atoms with Gasteiger partial charge in [0.1, 0.15) is 11.3 Å². The first-order valence-corrected chi connectivity index (χ1v) is 10.7. The third-order valence-electron chi connectivity index (χ3n) is 7.50. The Bertz CT molecular complexity index is 995. The highest BCUT2D eigenvalue weighted by atomic mass is 16.1. The van der Waals surface area contributed by atoms with E-state index in [9.17, 15) is 4.79 Å². The van der Waals surface area contributed by atoms with Gasteiger partial charge in [-0.15, -0.1) is 0 Å². The molecule has 160 valence electrons. The maximum absolute atomic E-state index is 13.5. The van der Waals surface area contributed by atoms with Crippen molar-refractivity contribution in [1.82, 2.24) is 0 Å². The van der Waals surface area contributed by atoms with Crippen LogP contribution in [0.15, 0.2) is 76.0 Å². The van der Waals surface area contributed by atoms with Crippen LogP contribution < -0.4 is 5.84 Å². The molecule has 1 atom stereocenters. The summed E-state index contributed by atoms with van der Waals surface area (Å²) in [4.78, 5) is 13.5. The second kappa shape index (κ2) is 8.13. The molecule has 2 aliphatic carbocycles. The highest BCUT2D eigenvalue weighted by Gasteiger charge is 2.66. The van der Waals surface area contributed by atoms with E-state index in [4.69, 9.17) is 16.9 Å². The van der Waals surface area contributed by atoms with Crippen LogP contribution in [-0.2, 0) is 16.8 Å². The zero-order chi connectivity index (χ0) is 22.0. The van der Waals surface area contributed by atoms with E-state index in [0.717, 1.165) is 18.4 Å². The minimum atomic E-state index is -1.00. The maximum Gasteiger partial charge on any atom is 0.187 e. The molecule has 2 aliphatic rings. The highest BCUT2D eigenvalue weighted by molar-refractivity contribution is 6.44. The number of carbonyl (C=O) groups is 1. The Morgan fingerprint density at radius 3 is 2.03 bits per heavy atom. The van der Waals surface area contributed by atoms with E-state index >= 15 is 0 Å². The Morgan fingerprint density at radius 2 is 1.48 bits per heavy atom. The third kappa shape index (κ3) is 3.28. The van der Waals surface area contributed by atoms with Gasteiger partial charge in [0.05, 0.1) is 11.0 Å². The average Bonchev–Trinajstić information content (AvgIpc) is 3.08. The number of rotatable bonds is 6. The van der Waals surface area contributed by atoms with Crippen molar-refractivity contribution in [1.29, 1.82) is 11.1 Å². The Balaban J connectivity index is 1.65. The van der Waals surface area contributed by atoms with Crippen molar-refractivity contribution in [2.45, 2.75) is 56.0 Å². The lowest BCUT2D eigenvalue weighted by Gasteiger charge is -2.47. The number of nitrogens with two attached hydrogens (primary N) is 1. The monoisotopic (exact) mass is 416 g/mol. The van der Waals surface area contributed by atoms with Gasteiger partial charge in [-0.1, -0.05) is 60.7 Å². The van der Waals surface area contributed by atoms with Gasteiger partial charge in [0.2, 0.25) is 0 Å². The molecule has 4 N–H and O–H groups in total. The minimum Gasteiger partial charge on any atom is -0.323 e. The molecule has 2 aromatic rings. The smallest absolute Gasteiger partial charge is 0.187 e.